The molecule has 0 N–H and O–H groups in total. The number of ether oxygens (including phenoxy) is 1. The molecule has 0 aromatic rings. The van der Waals surface area contributed by atoms with E-state index in [2.05, 4.69) is 0 Å². The molecule has 0 radical (unpaired) electrons. The molecule has 17 heavy (non-hydrogen) atoms. The second-order valence-electron chi connectivity index (χ2n) is 4.79. The van der Waals surface area contributed by atoms with Crippen molar-refractivity contribution in [1.29, 1.82) is 0 Å². The minimum absolute atomic E-state index is 0.0553. The Labute approximate surface area is 106 Å². The van der Waals surface area contributed by atoms with Crippen LogP contribution in [0.4, 0.5) is 0 Å². The molecule has 5 heteroatoms. The Balaban J connectivity index is 2.65. The lowest BCUT2D eigenvalue weighted by Gasteiger charge is -2.02. The lowest BCUT2D eigenvalue weighted by molar-refractivity contribution is -0.309. The van der Waals surface area contributed by atoms with Crippen molar-refractivity contribution in [1.82, 2.24) is 0 Å². The summed E-state index contributed by atoms with van der Waals surface area (Å²) < 4.78 is 4.84. The van der Waals surface area contributed by atoms with E-state index in [1.165, 1.54) is 6.08 Å². The van der Waals surface area contributed by atoms with Crippen LogP contribution in [0, 0.1) is 17.3 Å². The van der Waals surface area contributed by atoms with Crippen molar-refractivity contribution in [3.05, 3.63) is 11.1 Å². The number of rotatable bonds is 5. The summed E-state index contributed by atoms with van der Waals surface area (Å²) in [6.45, 7) is 5.79. The second kappa shape index (κ2) is 5.08. The van der Waals surface area contributed by atoms with Crippen molar-refractivity contribution >= 4 is 23.5 Å². The van der Waals surface area contributed by atoms with Gasteiger partial charge in [-0.2, -0.15) is 0 Å². The van der Waals surface area contributed by atoms with Crippen LogP contribution < -0.4 is 5.11 Å². The first kappa shape index (κ1) is 14.0. The SMILES string of the molecule is CCCOC(=O)/C(Cl)=C\C1C(C(=O)[O-])C1(C)C. The first-order chi connectivity index (χ1) is 7.82. The van der Waals surface area contributed by atoms with Crippen LogP contribution in [0.1, 0.15) is 27.2 Å². The highest BCUT2D eigenvalue weighted by molar-refractivity contribution is 6.41. The molecule has 0 bridgehead atoms. The summed E-state index contributed by atoms with van der Waals surface area (Å²) in [5, 5.41) is 10.8. The van der Waals surface area contributed by atoms with E-state index in [1.54, 1.807) is 13.8 Å². The van der Waals surface area contributed by atoms with Gasteiger partial charge in [-0.25, -0.2) is 4.79 Å². The van der Waals surface area contributed by atoms with Gasteiger partial charge < -0.3 is 14.6 Å². The van der Waals surface area contributed by atoms with Crippen LogP contribution >= 0.6 is 11.6 Å². The monoisotopic (exact) mass is 259 g/mol. The maximum atomic E-state index is 11.4. The highest BCUT2D eigenvalue weighted by atomic mass is 35.5. The largest absolute Gasteiger partial charge is 0.550 e. The van der Waals surface area contributed by atoms with Crippen LogP contribution in [0.3, 0.4) is 0 Å². The molecule has 2 unspecified atom stereocenters. The van der Waals surface area contributed by atoms with Crippen molar-refractivity contribution in [2.24, 2.45) is 17.3 Å². The molecule has 1 aliphatic rings. The van der Waals surface area contributed by atoms with E-state index in [0.717, 1.165) is 0 Å². The van der Waals surface area contributed by atoms with Crippen LogP contribution in [0.2, 0.25) is 0 Å². The highest BCUT2D eigenvalue weighted by Gasteiger charge is 2.57. The van der Waals surface area contributed by atoms with Crippen molar-refractivity contribution in [2.75, 3.05) is 6.61 Å². The van der Waals surface area contributed by atoms with E-state index in [4.69, 9.17) is 16.3 Å². The molecule has 0 heterocycles. The third-order valence-corrected chi connectivity index (χ3v) is 3.40. The zero-order chi connectivity index (χ0) is 13.2. The number of aliphatic carboxylic acids is 1. The molecular formula is C12H16ClO4-. The Morgan fingerprint density at radius 2 is 2.06 bits per heavy atom. The number of carboxylic acids is 1. The van der Waals surface area contributed by atoms with Crippen LogP contribution in [-0.2, 0) is 14.3 Å². The predicted octanol–water partition coefficient (Wildman–Crippen LogP) is 1.08. The fourth-order valence-corrected chi connectivity index (χ4v) is 2.12. The topological polar surface area (TPSA) is 66.4 Å². The first-order valence-corrected chi connectivity index (χ1v) is 5.95. The number of halogens is 1. The lowest BCUT2D eigenvalue weighted by Crippen LogP contribution is -2.26. The van der Waals surface area contributed by atoms with Gasteiger partial charge in [0.1, 0.15) is 5.03 Å². The minimum Gasteiger partial charge on any atom is -0.550 e. The average Bonchev–Trinajstić information content (AvgIpc) is 2.76. The molecule has 0 saturated heterocycles. The van der Waals surface area contributed by atoms with Gasteiger partial charge in [-0.05, 0) is 17.8 Å². The number of carbonyl (C=O) groups is 2. The highest BCUT2D eigenvalue weighted by Crippen LogP contribution is 2.59. The Hall–Kier alpha value is -1.03. The molecule has 0 aliphatic heterocycles. The summed E-state index contributed by atoms with van der Waals surface area (Å²) in [7, 11) is 0. The minimum atomic E-state index is -1.11. The van der Waals surface area contributed by atoms with Gasteiger partial charge in [-0.15, -0.1) is 0 Å². The van der Waals surface area contributed by atoms with E-state index in [1.807, 2.05) is 6.92 Å². The average molecular weight is 260 g/mol. The summed E-state index contributed by atoms with van der Waals surface area (Å²) in [5.41, 5.74) is -0.413. The Morgan fingerprint density at radius 3 is 2.47 bits per heavy atom. The van der Waals surface area contributed by atoms with E-state index >= 15 is 0 Å². The quantitative estimate of drug-likeness (QED) is 0.547. The van der Waals surface area contributed by atoms with Crippen molar-refractivity contribution in [2.45, 2.75) is 27.2 Å². The fourth-order valence-electron chi connectivity index (χ4n) is 1.93. The molecule has 0 amide bonds. The van der Waals surface area contributed by atoms with Crippen LogP contribution in [0.15, 0.2) is 11.1 Å². The summed E-state index contributed by atoms with van der Waals surface area (Å²) in [4.78, 5) is 22.2. The molecule has 1 fully saturated rings. The zero-order valence-electron chi connectivity index (χ0n) is 10.2. The van der Waals surface area contributed by atoms with Crippen molar-refractivity contribution in [3.63, 3.8) is 0 Å². The third kappa shape index (κ3) is 3.00. The number of allylic oxidation sites excluding steroid dienone is 1. The van der Waals surface area contributed by atoms with Crippen LogP contribution in [0.5, 0.6) is 0 Å². The van der Waals surface area contributed by atoms with Crippen LogP contribution in [-0.4, -0.2) is 18.5 Å². The van der Waals surface area contributed by atoms with E-state index in [-0.39, 0.29) is 11.0 Å². The lowest BCUT2D eigenvalue weighted by atomic mass is 10.1. The van der Waals surface area contributed by atoms with Gasteiger partial charge in [0.15, 0.2) is 0 Å². The number of carboxylic acid groups (broad SMARTS) is 1. The van der Waals surface area contributed by atoms with Crippen LogP contribution in [0.25, 0.3) is 0 Å². The van der Waals surface area contributed by atoms with Gasteiger partial charge in [0, 0.05) is 11.9 Å². The number of hydrogen-bond donors (Lipinski definition) is 0. The van der Waals surface area contributed by atoms with Crippen molar-refractivity contribution in [3.8, 4) is 0 Å². The summed E-state index contributed by atoms with van der Waals surface area (Å²) in [6.07, 6.45) is 2.17. The van der Waals surface area contributed by atoms with E-state index in [0.29, 0.717) is 13.0 Å². The fraction of sp³-hybridized carbons (Fsp3) is 0.667. The maximum Gasteiger partial charge on any atom is 0.349 e. The smallest absolute Gasteiger partial charge is 0.349 e. The normalized spacial score (nSPS) is 26.5. The molecule has 0 aromatic carbocycles. The Bertz CT molecular complexity index is 360. The van der Waals surface area contributed by atoms with E-state index < -0.39 is 23.3 Å². The summed E-state index contributed by atoms with van der Waals surface area (Å²) >= 11 is 5.77. The van der Waals surface area contributed by atoms with Gasteiger partial charge in [0.25, 0.3) is 0 Å². The second-order valence-corrected chi connectivity index (χ2v) is 5.20. The summed E-state index contributed by atoms with van der Waals surface area (Å²) in [6, 6.07) is 0. The first-order valence-electron chi connectivity index (χ1n) is 5.57. The molecule has 0 spiro atoms. The molecule has 1 aliphatic carbocycles. The predicted molar refractivity (Wildman–Crippen MR) is 61.0 cm³/mol. The van der Waals surface area contributed by atoms with E-state index in [9.17, 15) is 14.7 Å². The molecule has 96 valence electrons. The summed E-state index contributed by atoms with van der Waals surface area (Å²) in [5.74, 6) is -2.57. The molecule has 1 rings (SSSR count). The molecular weight excluding hydrogens is 244 g/mol. The Morgan fingerprint density at radius 1 is 1.47 bits per heavy atom. The van der Waals surface area contributed by atoms with Gasteiger partial charge in [0.2, 0.25) is 0 Å². The molecule has 2 atom stereocenters. The van der Waals surface area contributed by atoms with Gasteiger partial charge in [-0.1, -0.05) is 38.4 Å². The standard InChI is InChI=1S/C12H17ClO4/c1-4-5-17-11(16)8(13)6-7-9(10(14)15)12(7,2)3/h6-7,9H,4-5H2,1-3H3,(H,14,15)/p-1/b8-6+. The molecule has 1 saturated carbocycles. The van der Waals surface area contributed by atoms with Crippen molar-refractivity contribution < 1.29 is 19.4 Å². The molecule has 4 nitrogen and oxygen atoms in total. The maximum absolute atomic E-state index is 11.4. The van der Waals surface area contributed by atoms with Gasteiger partial charge in [-0.3, -0.25) is 0 Å². The third-order valence-electron chi connectivity index (χ3n) is 3.12. The van der Waals surface area contributed by atoms with Gasteiger partial charge >= 0.3 is 5.97 Å². The number of hydrogen-bond acceptors (Lipinski definition) is 4. The Kier molecular flexibility index (Phi) is 4.20. The van der Waals surface area contributed by atoms with Gasteiger partial charge in [0.05, 0.1) is 6.61 Å². The number of carbonyl (C=O) groups excluding carboxylic acids is 2. The molecule has 0 aromatic heterocycles. The number of esters is 1. The zero-order valence-corrected chi connectivity index (χ0v) is 10.9.